The van der Waals surface area contributed by atoms with Gasteiger partial charge in [0.2, 0.25) is 5.88 Å². The highest BCUT2D eigenvalue weighted by molar-refractivity contribution is 5.85. The molecule has 4 nitrogen and oxygen atoms in total. The van der Waals surface area contributed by atoms with Crippen LogP contribution in [0.3, 0.4) is 0 Å². The second-order valence-electron chi connectivity index (χ2n) is 3.88. The summed E-state index contributed by atoms with van der Waals surface area (Å²) in [6, 6.07) is 11.3. The Morgan fingerprint density at radius 2 is 1.84 bits per heavy atom. The molecule has 0 bridgehead atoms. The van der Waals surface area contributed by atoms with Crippen molar-refractivity contribution in [1.29, 1.82) is 0 Å². The van der Waals surface area contributed by atoms with Crippen LogP contribution >= 0.6 is 0 Å². The highest BCUT2D eigenvalue weighted by Gasteiger charge is 1.99. The number of aliphatic carboxylic acids is 1. The molecule has 1 aromatic carbocycles. The van der Waals surface area contributed by atoms with Gasteiger partial charge in [0.1, 0.15) is 0 Å². The number of carbonyl (C=O) groups is 1. The number of ether oxygens (including phenoxy) is 1. The molecule has 0 amide bonds. The Bertz CT molecular complexity index is 586. The van der Waals surface area contributed by atoms with Crippen LogP contribution in [-0.4, -0.2) is 23.2 Å². The Morgan fingerprint density at radius 1 is 1.16 bits per heavy atom. The molecule has 19 heavy (non-hydrogen) atoms. The third kappa shape index (κ3) is 3.42. The topological polar surface area (TPSA) is 59.4 Å². The van der Waals surface area contributed by atoms with Crippen LogP contribution in [0.15, 0.2) is 48.7 Å². The number of aromatic nitrogens is 1. The molecular weight excluding hydrogens is 242 g/mol. The first-order valence-electron chi connectivity index (χ1n) is 5.70. The van der Waals surface area contributed by atoms with Crippen molar-refractivity contribution in [2.75, 3.05) is 7.11 Å². The lowest BCUT2D eigenvalue weighted by molar-refractivity contribution is -0.131. The lowest BCUT2D eigenvalue weighted by Gasteiger charge is -2.03. The van der Waals surface area contributed by atoms with E-state index in [0.29, 0.717) is 5.88 Å². The first-order valence-corrected chi connectivity index (χ1v) is 5.70. The number of methoxy groups -OCH3 is 1. The van der Waals surface area contributed by atoms with Gasteiger partial charge in [0.05, 0.1) is 7.11 Å². The number of rotatable bonds is 4. The van der Waals surface area contributed by atoms with Crippen LogP contribution in [0.5, 0.6) is 5.88 Å². The summed E-state index contributed by atoms with van der Waals surface area (Å²) in [5.41, 5.74) is 2.84. The van der Waals surface area contributed by atoms with Crippen molar-refractivity contribution in [2.45, 2.75) is 0 Å². The highest BCUT2D eigenvalue weighted by Crippen LogP contribution is 2.21. The number of pyridine rings is 1. The number of hydrogen-bond acceptors (Lipinski definition) is 3. The van der Waals surface area contributed by atoms with Gasteiger partial charge >= 0.3 is 5.97 Å². The van der Waals surface area contributed by atoms with Gasteiger partial charge in [0.25, 0.3) is 0 Å². The normalized spacial score (nSPS) is 10.6. The Labute approximate surface area is 111 Å². The predicted octanol–water partition coefficient (Wildman–Crippen LogP) is 2.86. The molecule has 0 aliphatic carbocycles. The molecule has 0 aliphatic heterocycles. The molecule has 0 saturated carbocycles. The molecule has 1 aromatic heterocycles. The molecule has 0 atom stereocenters. The molecule has 0 unspecified atom stereocenters. The van der Waals surface area contributed by atoms with Crippen LogP contribution in [0.2, 0.25) is 0 Å². The molecule has 0 fully saturated rings. The lowest BCUT2D eigenvalue weighted by Crippen LogP contribution is -1.87. The SMILES string of the molecule is COc1ccc(-c2ccc(C=CC(=O)O)cc2)cn1. The van der Waals surface area contributed by atoms with Gasteiger partial charge in [-0.25, -0.2) is 9.78 Å². The summed E-state index contributed by atoms with van der Waals surface area (Å²) >= 11 is 0. The molecular formula is C15H13NO3. The number of carboxylic acids is 1. The van der Waals surface area contributed by atoms with Gasteiger partial charge in [-0.2, -0.15) is 0 Å². The zero-order valence-electron chi connectivity index (χ0n) is 10.4. The molecule has 0 aliphatic rings. The van der Waals surface area contributed by atoms with E-state index in [2.05, 4.69) is 4.98 Å². The smallest absolute Gasteiger partial charge is 0.328 e. The first kappa shape index (κ1) is 12.8. The van der Waals surface area contributed by atoms with Crippen LogP contribution in [0.25, 0.3) is 17.2 Å². The monoisotopic (exact) mass is 255 g/mol. The molecule has 2 aromatic rings. The maximum Gasteiger partial charge on any atom is 0.328 e. The molecule has 0 saturated heterocycles. The Kier molecular flexibility index (Phi) is 3.93. The third-order valence-electron chi connectivity index (χ3n) is 2.61. The zero-order valence-corrected chi connectivity index (χ0v) is 10.4. The summed E-state index contributed by atoms with van der Waals surface area (Å²) < 4.78 is 5.00. The van der Waals surface area contributed by atoms with Crippen molar-refractivity contribution in [3.63, 3.8) is 0 Å². The third-order valence-corrected chi connectivity index (χ3v) is 2.61. The summed E-state index contributed by atoms with van der Waals surface area (Å²) in [5, 5.41) is 8.55. The summed E-state index contributed by atoms with van der Waals surface area (Å²) in [6.45, 7) is 0. The number of carboxylic acid groups (broad SMARTS) is 1. The number of nitrogens with zero attached hydrogens (tertiary/aromatic N) is 1. The second-order valence-corrected chi connectivity index (χ2v) is 3.88. The van der Waals surface area contributed by atoms with Crippen molar-refractivity contribution < 1.29 is 14.6 Å². The predicted molar refractivity (Wildman–Crippen MR) is 72.9 cm³/mol. The fourth-order valence-corrected chi connectivity index (χ4v) is 1.63. The summed E-state index contributed by atoms with van der Waals surface area (Å²) in [4.78, 5) is 14.6. The number of hydrogen-bond donors (Lipinski definition) is 1. The van der Waals surface area contributed by atoms with Crippen LogP contribution in [0, 0.1) is 0 Å². The fourth-order valence-electron chi connectivity index (χ4n) is 1.63. The molecule has 4 heteroatoms. The van der Waals surface area contributed by atoms with E-state index in [9.17, 15) is 4.79 Å². The quantitative estimate of drug-likeness (QED) is 0.853. The van der Waals surface area contributed by atoms with E-state index in [1.807, 2.05) is 30.3 Å². The molecule has 96 valence electrons. The van der Waals surface area contributed by atoms with E-state index >= 15 is 0 Å². The van der Waals surface area contributed by atoms with Crippen LogP contribution in [-0.2, 0) is 4.79 Å². The van der Waals surface area contributed by atoms with E-state index in [0.717, 1.165) is 22.8 Å². The first-order chi connectivity index (χ1) is 9.19. The van der Waals surface area contributed by atoms with Gasteiger partial charge in [-0.3, -0.25) is 0 Å². The van der Waals surface area contributed by atoms with Crippen LogP contribution < -0.4 is 4.74 Å². The van der Waals surface area contributed by atoms with Gasteiger partial charge < -0.3 is 9.84 Å². The largest absolute Gasteiger partial charge is 0.481 e. The summed E-state index contributed by atoms with van der Waals surface area (Å²) in [7, 11) is 1.57. The Balaban J connectivity index is 2.19. The van der Waals surface area contributed by atoms with Crippen molar-refractivity contribution in [3.05, 3.63) is 54.2 Å². The van der Waals surface area contributed by atoms with E-state index in [4.69, 9.17) is 9.84 Å². The van der Waals surface area contributed by atoms with Crippen molar-refractivity contribution in [1.82, 2.24) is 4.98 Å². The molecule has 1 heterocycles. The van der Waals surface area contributed by atoms with Crippen LogP contribution in [0.1, 0.15) is 5.56 Å². The van der Waals surface area contributed by atoms with E-state index in [-0.39, 0.29) is 0 Å². The Hall–Kier alpha value is -2.62. The van der Waals surface area contributed by atoms with Crippen LogP contribution in [0.4, 0.5) is 0 Å². The minimum atomic E-state index is -0.955. The average molecular weight is 255 g/mol. The van der Waals surface area contributed by atoms with E-state index in [1.54, 1.807) is 25.4 Å². The summed E-state index contributed by atoms with van der Waals surface area (Å²) in [5.74, 6) is -0.381. The lowest BCUT2D eigenvalue weighted by atomic mass is 10.1. The van der Waals surface area contributed by atoms with Gasteiger partial charge in [-0.1, -0.05) is 24.3 Å². The molecule has 0 radical (unpaired) electrons. The minimum Gasteiger partial charge on any atom is -0.481 e. The number of benzene rings is 1. The fraction of sp³-hybridized carbons (Fsp3) is 0.0667. The molecule has 0 spiro atoms. The Morgan fingerprint density at radius 3 is 2.37 bits per heavy atom. The van der Waals surface area contributed by atoms with Gasteiger partial charge in [-0.05, 0) is 23.3 Å². The molecule has 2 rings (SSSR count). The highest BCUT2D eigenvalue weighted by atomic mass is 16.5. The minimum absolute atomic E-state index is 0.574. The van der Waals surface area contributed by atoms with Gasteiger partial charge in [-0.15, -0.1) is 0 Å². The van der Waals surface area contributed by atoms with Gasteiger partial charge in [0, 0.05) is 23.9 Å². The molecule has 1 N–H and O–H groups in total. The van der Waals surface area contributed by atoms with E-state index in [1.165, 1.54) is 0 Å². The maximum absolute atomic E-state index is 10.4. The zero-order chi connectivity index (χ0) is 13.7. The maximum atomic E-state index is 10.4. The average Bonchev–Trinajstić information content (AvgIpc) is 2.46. The second kappa shape index (κ2) is 5.82. The van der Waals surface area contributed by atoms with Crippen molar-refractivity contribution in [3.8, 4) is 17.0 Å². The van der Waals surface area contributed by atoms with Crippen molar-refractivity contribution >= 4 is 12.0 Å². The van der Waals surface area contributed by atoms with Crippen molar-refractivity contribution in [2.24, 2.45) is 0 Å². The van der Waals surface area contributed by atoms with E-state index < -0.39 is 5.97 Å². The standard InChI is InChI=1S/C15H13NO3/c1-19-14-8-7-13(10-16-14)12-5-2-11(3-6-12)4-9-15(17)18/h2-10H,1H3,(H,17,18). The summed E-state index contributed by atoms with van der Waals surface area (Å²) in [6.07, 6.45) is 4.41. The van der Waals surface area contributed by atoms with Gasteiger partial charge in [0.15, 0.2) is 0 Å².